The molecule has 0 unspecified atom stereocenters. The number of piperazine rings is 1. The van der Waals surface area contributed by atoms with Crippen molar-refractivity contribution in [1.82, 2.24) is 24.9 Å². The molecule has 1 saturated heterocycles. The van der Waals surface area contributed by atoms with Crippen LogP contribution in [0.1, 0.15) is 22.5 Å². The van der Waals surface area contributed by atoms with Crippen molar-refractivity contribution in [2.45, 2.75) is 13.3 Å². The Balaban J connectivity index is 1.52. The van der Waals surface area contributed by atoms with Crippen LogP contribution in [0.15, 0.2) is 34.9 Å². The Hall–Kier alpha value is -2.23. The quantitative estimate of drug-likeness (QED) is 0.586. The summed E-state index contributed by atoms with van der Waals surface area (Å²) in [6, 6.07) is 7.81. The van der Waals surface area contributed by atoms with Crippen molar-refractivity contribution in [3.8, 4) is 5.69 Å². The number of nitrogens with one attached hydrogen (secondary N) is 1. The van der Waals surface area contributed by atoms with E-state index in [1.807, 2.05) is 36.1 Å². The summed E-state index contributed by atoms with van der Waals surface area (Å²) in [7, 11) is 1.65. The maximum Gasteiger partial charge on any atom is 0.257 e. The number of ether oxygens (including phenoxy) is 1. The molecule has 1 aliphatic heterocycles. The van der Waals surface area contributed by atoms with E-state index < -0.39 is 0 Å². The summed E-state index contributed by atoms with van der Waals surface area (Å²) >= 11 is 3.43. The van der Waals surface area contributed by atoms with Gasteiger partial charge in [0.25, 0.3) is 5.91 Å². The first-order valence-corrected chi connectivity index (χ1v) is 10.9. The number of carbonyl (C=O) groups is 2. The van der Waals surface area contributed by atoms with Gasteiger partial charge in [0.2, 0.25) is 5.91 Å². The lowest BCUT2D eigenvalue weighted by Gasteiger charge is -2.34. The van der Waals surface area contributed by atoms with Crippen molar-refractivity contribution in [2.24, 2.45) is 0 Å². The molecule has 1 aromatic carbocycles. The Labute approximate surface area is 185 Å². The SMILES string of the molecule is COCCCNC(=O)CN1CCN(C(=O)c2cnn(-c3ccc(Br)cc3)c2C)CC1. The van der Waals surface area contributed by atoms with Crippen LogP contribution in [0.2, 0.25) is 0 Å². The van der Waals surface area contributed by atoms with Gasteiger partial charge in [-0.3, -0.25) is 14.5 Å². The summed E-state index contributed by atoms with van der Waals surface area (Å²) < 4.78 is 7.75. The molecule has 1 N–H and O–H groups in total. The van der Waals surface area contributed by atoms with Crippen molar-refractivity contribution in [3.05, 3.63) is 46.2 Å². The standard InChI is InChI=1S/C21H28BrN5O3/c1-16-19(14-24-27(16)18-6-4-17(22)5-7-18)21(29)26-11-9-25(10-12-26)15-20(28)23-8-3-13-30-2/h4-7,14H,3,8-13,15H2,1-2H3,(H,23,28). The van der Waals surface area contributed by atoms with Crippen LogP contribution in [0.3, 0.4) is 0 Å². The van der Waals surface area contributed by atoms with Crippen LogP contribution < -0.4 is 5.32 Å². The summed E-state index contributed by atoms with van der Waals surface area (Å²) in [5, 5.41) is 7.31. The lowest BCUT2D eigenvalue weighted by atomic mass is 10.2. The summed E-state index contributed by atoms with van der Waals surface area (Å²) in [5.41, 5.74) is 2.35. The Morgan fingerprint density at radius 2 is 1.87 bits per heavy atom. The average Bonchev–Trinajstić information content (AvgIpc) is 3.13. The normalized spacial score (nSPS) is 14.7. The van der Waals surface area contributed by atoms with E-state index in [2.05, 4.69) is 31.2 Å². The molecule has 2 aromatic rings. The molecule has 1 fully saturated rings. The number of hydrogen-bond acceptors (Lipinski definition) is 5. The molecule has 162 valence electrons. The van der Waals surface area contributed by atoms with E-state index in [4.69, 9.17) is 4.74 Å². The van der Waals surface area contributed by atoms with E-state index in [9.17, 15) is 9.59 Å². The third kappa shape index (κ3) is 5.68. The minimum Gasteiger partial charge on any atom is -0.385 e. The number of carbonyl (C=O) groups excluding carboxylic acids is 2. The molecule has 0 atom stereocenters. The van der Waals surface area contributed by atoms with Crippen molar-refractivity contribution >= 4 is 27.7 Å². The molecular formula is C21H28BrN5O3. The van der Waals surface area contributed by atoms with Crippen molar-refractivity contribution < 1.29 is 14.3 Å². The molecule has 0 spiro atoms. The first-order valence-electron chi connectivity index (χ1n) is 10.1. The van der Waals surface area contributed by atoms with Crippen LogP contribution in [0.25, 0.3) is 5.69 Å². The fourth-order valence-corrected chi connectivity index (χ4v) is 3.71. The lowest BCUT2D eigenvalue weighted by Crippen LogP contribution is -2.51. The smallest absolute Gasteiger partial charge is 0.257 e. The van der Waals surface area contributed by atoms with Crippen LogP contribution in [-0.4, -0.2) is 84.4 Å². The second kappa shape index (κ2) is 10.7. The second-order valence-corrected chi connectivity index (χ2v) is 8.21. The number of halogens is 1. The van der Waals surface area contributed by atoms with E-state index >= 15 is 0 Å². The highest BCUT2D eigenvalue weighted by Gasteiger charge is 2.25. The molecule has 1 aromatic heterocycles. The van der Waals surface area contributed by atoms with Gasteiger partial charge in [0, 0.05) is 50.9 Å². The monoisotopic (exact) mass is 477 g/mol. The lowest BCUT2D eigenvalue weighted by molar-refractivity contribution is -0.122. The van der Waals surface area contributed by atoms with Crippen LogP contribution in [0.4, 0.5) is 0 Å². The summed E-state index contributed by atoms with van der Waals surface area (Å²) in [6.45, 7) is 6.07. The Morgan fingerprint density at radius 1 is 1.17 bits per heavy atom. The van der Waals surface area contributed by atoms with E-state index in [0.29, 0.717) is 51.4 Å². The highest BCUT2D eigenvalue weighted by molar-refractivity contribution is 9.10. The van der Waals surface area contributed by atoms with Gasteiger partial charge in [-0.05, 0) is 37.6 Å². The zero-order valence-corrected chi connectivity index (χ0v) is 19.0. The number of nitrogens with zero attached hydrogens (tertiary/aromatic N) is 4. The molecule has 0 bridgehead atoms. The van der Waals surface area contributed by atoms with Gasteiger partial charge < -0.3 is 15.0 Å². The highest BCUT2D eigenvalue weighted by atomic mass is 79.9. The van der Waals surface area contributed by atoms with Gasteiger partial charge in [0.05, 0.1) is 29.7 Å². The third-order valence-corrected chi connectivity index (χ3v) is 5.71. The zero-order chi connectivity index (χ0) is 21.5. The molecule has 2 heterocycles. The predicted octanol–water partition coefficient (Wildman–Crippen LogP) is 1.85. The van der Waals surface area contributed by atoms with Crippen molar-refractivity contribution in [3.63, 3.8) is 0 Å². The molecule has 30 heavy (non-hydrogen) atoms. The fraction of sp³-hybridized carbons (Fsp3) is 0.476. The molecule has 9 heteroatoms. The van der Waals surface area contributed by atoms with Crippen LogP contribution in [0, 0.1) is 6.92 Å². The van der Waals surface area contributed by atoms with Gasteiger partial charge in [0.15, 0.2) is 0 Å². The van der Waals surface area contributed by atoms with Crippen LogP contribution in [-0.2, 0) is 9.53 Å². The van der Waals surface area contributed by atoms with Gasteiger partial charge in [-0.25, -0.2) is 4.68 Å². The summed E-state index contributed by atoms with van der Waals surface area (Å²) in [6.07, 6.45) is 2.44. The van der Waals surface area contributed by atoms with Crippen molar-refractivity contribution in [1.29, 1.82) is 0 Å². The molecule has 3 rings (SSSR count). The maximum atomic E-state index is 13.0. The third-order valence-electron chi connectivity index (χ3n) is 5.19. The Morgan fingerprint density at radius 3 is 2.53 bits per heavy atom. The van der Waals surface area contributed by atoms with Crippen LogP contribution in [0.5, 0.6) is 0 Å². The van der Waals surface area contributed by atoms with Gasteiger partial charge in [0.1, 0.15) is 0 Å². The molecule has 8 nitrogen and oxygen atoms in total. The molecule has 0 saturated carbocycles. The molecule has 0 radical (unpaired) electrons. The minimum atomic E-state index is -0.0143. The minimum absolute atomic E-state index is 0.0116. The summed E-state index contributed by atoms with van der Waals surface area (Å²) in [4.78, 5) is 28.9. The number of amides is 2. The van der Waals surface area contributed by atoms with Crippen LogP contribution >= 0.6 is 15.9 Å². The van der Waals surface area contributed by atoms with E-state index in [1.54, 1.807) is 18.0 Å². The zero-order valence-electron chi connectivity index (χ0n) is 17.4. The summed E-state index contributed by atoms with van der Waals surface area (Å²) in [5.74, 6) is -0.00275. The predicted molar refractivity (Wildman–Crippen MR) is 118 cm³/mol. The van der Waals surface area contributed by atoms with Gasteiger partial charge in [-0.15, -0.1) is 0 Å². The van der Waals surface area contributed by atoms with Gasteiger partial charge >= 0.3 is 0 Å². The van der Waals surface area contributed by atoms with Gasteiger partial charge in [-0.2, -0.15) is 5.10 Å². The topological polar surface area (TPSA) is 79.7 Å². The Kier molecular flexibility index (Phi) is 8.01. The molecular weight excluding hydrogens is 450 g/mol. The first kappa shape index (κ1) is 22.5. The van der Waals surface area contributed by atoms with E-state index in [0.717, 1.165) is 22.3 Å². The fourth-order valence-electron chi connectivity index (χ4n) is 3.44. The second-order valence-electron chi connectivity index (χ2n) is 7.30. The van der Waals surface area contributed by atoms with Crippen molar-refractivity contribution in [2.75, 3.05) is 53.0 Å². The molecule has 1 aliphatic rings. The molecule has 2 amide bonds. The van der Waals surface area contributed by atoms with E-state index in [1.165, 1.54) is 0 Å². The largest absolute Gasteiger partial charge is 0.385 e. The average molecular weight is 478 g/mol. The first-order chi connectivity index (χ1) is 14.5. The van der Waals surface area contributed by atoms with Gasteiger partial charge in [-0.1, -0.05) is 15.9 Å². The number of hydrogen-bond donors (Lipinski definition) is 1. The number of benzene rings is 1. The highest BCUT2D eigenvalue weighted by Crippen LogP contribution is 2.19. The Bertz CT molecular complexity index is 860. The molecule has 0 aliphatic carbocycles. The maximum absolute atomic E-state index is 13.0. The van der Waals surface area contributed by atoms with E-state index in [-0.39, 0.29) is 11.8 Å². The number of aromatic nitrogens is 2. The number of rotatable bonds is 8. The number of methoxy groups -OCH3 is 1.